The first-order valence-corrected chi connectivity index (χ1v) is 5.78. The van der Waals surface area contributed by atoms with Crippen molar-refractivity contribution in [3.05, 3.63) is 23.5 Å². The number of fused-ring (bicyclic) bond motifs is 1. The summed E-state index contributed by atoms with van der Waals surface area (Å²) in [5.41, 5.74) is 3.41. The average Bonchev–Trinajstić information content (AvgIpc) is 2.64. The van der Waals surface area contributed by atoms with E-state index in [1.165, 1.54) is 19.3 Å². The Morgan fingerprint density at radius 3 is 2.36 bits per heavy atom. The summed E-state index contributed by atoms with van der Waals surface area (Å²) in [6, 6.07) is 2.29. The van der Waals surface area contributed by atoms with E-state index >= 15 is 0 Å². The van der Waals surface area contributed by atoms with Gasteiger partial charge in [-0.25, -0.2) is 0 Å². The van der Waals surface area contributed by atoms with Gasteiger partial charge in [-0.05, 0) is 51.7 Å². The van der Waals surface area contributed by atoms with E-state index in [1.807, 2.05) is 13.8 Å². The Kier molecular flexibility index (Phi) is 3.41. The van der Waals surface area contributed by atoms with Crippen LogP contribution in [0.5, 0.6) is 0 Å². The van der Waals surface area contributed by atoms with Crippen molar-refractivity contribution in [1.82, 2.24) is 4.57 Å². The Bertz CT molecular complexity index is 289. The first-order valence-electron chi connectivity index (χ1n) is 5.78. The summed E-state index contributed by atoms with van der Waals surface area (Å²) in [6.45, 7) is 10.8. The van der Waals surface area contributed by atoms with Crippen LogP contribution in [0.3, 0.4) is 0 Å². The predicted octanol–water partition coefficient (Wildman–Crippen LogP) is 3.76. The Balaban J connectivity index is 0.000000461. The third-order valence-electron chi connectivity index (χ3n) is 2.67. The van der Waals surface area contributed by atoms with Gasteiger partial charge in [-0.2, -0.15) is 0 Å². The molecule has 0 spiro atoms. The van der Waals surface area contributed by atoms with Gasteiger partial charge in [0.1, 0.15) is 0 Å². The third-order valence-corrected chi connectivity index (χ3v) is 2.67. The molecule has 14 heavy (non-hydrogen) atoms. The molecule has 0 saturated heterocycles. The maximum absolute atomic E-state index is 2.43. The second kappa shape index (κ2) is 4.20. The molecule has 1 aromatic heterocycles. The summed E-state index contributed by atoms with van der Waals surface area (Å²) in [6.07, 6.45) is 6.16. The van der Waals surface area contributed by atoms with Crippen LogP contribution in [0.25, 0.3) is 0 Å². The molecule has 0 bridgehead atoms. The Hall–Kier alpha value is -0.720. The first kappa shape index (κ1) is 11.4. The highest BCUT2D eigenvalue weighted by Gasteiger charge is 2.21. The molecule has 0 aromatic carbocycles. The van der Waals surface area contributed by atoms with Crippen molar-refractivity contribution >= 4 is 0 Å². The minimum atomic E-state index is 0.262. The second-order valence-electron chi connectivity index (χ2n) is 4.68. The van der Waals surface area contributed by atoms with E-state index in [-0.39, 0.29) is 5.54 Å². The van der Waals surface area contributed by atoms with Gasteiger partial charge in [-0.15, -0.1) is 0 Å². The molecule has 0 N–H and O–H groups in total. The smallest absolute Gasteiger partial charge is 0.0358 e. The molecule has 80 valence electrons. The molecule has 0 radical (unpaired) electrons. The van der Waals surface area contributed by atoms with Crippen molar-refractivity contribution in [1.29, 1.82) is 0 Å². The summed E-state index contributed by atoms with van der Waals surface area (Å²) in [7, 11) is 0. The lowest BCUT2D eigenvalue weighted by molar-refractivity contribution is 0.387. The number of rotatable bonds is 0. The van der Waals surface area contributed by atoms with Crippen LogP contribution in [-0.2, 0) is 18.4 Å². The van der Waals surface area contributed by atoms with E-state index < -0.39 is 0 Å². The minimum absolute atomic E-state index is 0.262. The molecule has 1 heteroatoms. The lowest BCUT2D eigenvalue weighted by Crippen LogP contribution is -2.22. The van der Waals surface area contributed by atoms with Crippen LogP contribution in [0, 0.1) is 0 Å². The standard InChI is InChI=1S/C11H17N.C2H6/c1-11(2,3)12-8-7-9-5-4-6-10(9)12;1-2/h7-8H,4-6H2,1-3H3;1-2H3. The molecule has 0 aliphatic heterocycles. The number of hydrogen-bond donors (Lipinski definition) is 0. The number of aryl methyl sites for hydroxylation is 1. The molecular formula is C13H23N. The van der Waals surface area contributed by atoms with Gasteiger partial charge in [-0.1, -0.05) is 13.8 Å². The van der Waals surface area contributed by atoms with Gasteiger partial charge in [-0.3, -0.25) is 0 Å². The molecule has 0 unspecified atom stereocenters. The van der Waals surface area contributed by atoms with E-state index in [0.717, 1.165) is 0 Å². The first-order chi connectivity index (χ1) is 6.59. The number of hydrogen-bond acceptors (Lipinski definition) is 0. The lowest BCUT2D eigenvalue weighted by Gasteiger charge is -2.24. The van der Waals surface area contributed by atoms with Gasteiger partial charge in [0.25, 0.3) is 0 Å². The van der Waals surface area contributed by atoms with Gasteiger partial charge in [0.2, 0.25) is 0 Å². The quantitative estimate of drug-likeness (QED) is 0.591. The molecule has 1 heterocycles. The summed E-state index contributed by atoms with van der Waals surface area (Å²) < 4.78 is 2.43. The molecule has 1 aromatic rings. The highest BCUT2D eigenvalue weighted by atomic mass is 15.0. The Morgan fingerprint density at radius 2 is 1.79 bits per heavy atom. The third kappa shape index (κ3) is 2.02. The molecule has 0 fully saturated rings. The summed E-state index contributed by atoms with van der Waals surface area (Å²) in [5, 5.41) is 0. The normalized spacial score (nSPS) is 14.6. The zero-order valence-corrected chi connectivity index (χ0v) is 10.2. The van der Waals surface area contributed by atoms with Gasteiger partial charge >= 0.3 is 0 Å². The van der Waals surface area contributed by atoms with E-state index in [9.17, 15) is 0 Å². The zero-order valence-electron chi connectivity index (χ0n) is 10.2. The lowest BCUT2D eigenvalue weighted by atomic mass is 10.1. The summed E-state index contributed by atoms with van der Waals surface area (Å²) >= 11 is 0. The van der Waals surface area contributed by atoms with Gasteiger partial charge < -0.3 is 4.57 Å². The number of nitrogens with zero attached hydrogens (tertiary/aromatic N) is 1. The van der Waals surface area contributed by atoms with Gasteiger partial charge in [0.05, 0.1) is 0 Å². The predicted molar refractivity (Wildman–Crippen MR) is 62.8 cm³/mol. The molecular weight excluding hydrogens is 170 g/mol. The fraction of sp³-hybridized carbons (Fsp3) is 0.692. The van der Waals surface area contributed by atoms with E-state index in [2.05, 4.69) is 37.6 Å². The van der Waals surface area contributed by atoms with Crippen LogP contribution in [0.1, 0.15) is 52.3 Å². The molecule has 0 saturated carbocycles. The van der Waals surface area contributed by atoms with E-state index in [1.54, 1.807) is 11.3 Å². The fourth-order valence-electron chi connectivity index (χ4n) is 2.09. The van der Waals surface area contributed by atoms with Crippen LogP contribution in [0.4, 0.5) is 0 Å². The Labute approximate surface area is 88.1 Å². The average molecular weight is 193 g/mol. The van der Waals surface area contributed by atoms with Crippen molar-refractivity contribution in [3.63, 3.8) is 0 Å². The fourth-order valence-corrected chi connectivity index (χ4v) is 2.09. The molecule has 1 aliphatic rings. The highest BCUT2D eigenvalue weighted by Crippen LogP contribution is 2.27. The SMILES string of the molecule is CC.CC(C)(C)n1ccc2c1CCC2. The molecule has 1 nitrogen and oxygen atoms in total. The van der Waals surface area contributed by atoms with Crippen molar-refractivity contribution in [2.45, 2.75) is 59.4 Å². The maximum atomic E-state index is 2.43. The van der Waals surface area contributed by atoms with Crippen molar-refractivity contribution in [2.75, 3.05) is 0 Å². The highest BCUT2D eigenvalue weighted by molar-refractivity contribution is 5.28. The molecule has 0 atom stereocenters. The maximum Gasteiger partial charge on any atom is 0.0358 e. The van der Waals surface area contributed by atoms with E-state index in [4.69, 9.17) is 0 Å². The van der Waals surface area contributed by atoms with Crippen LogP contribution < -0.4 is 0 Å². The zero-order chi connectivity index (χ0) is 10.8. The monoisotopic (exact) mass is 193 g/mol. The topological polar surface area (TPSA) is 4.93 Å². The second-order valence-corrected chi connectivity index (χ2v) is 4.68. The van der Waals surface area contributed by atoms with Crippen LogP contribution in [0.2, 0.25) is 0 Å². The summed E-state index contributed by atoms with van der Waals surface area (Å²) in [4.78, 5) is 0. The Morgan fingerprint density at radius 1 is 1.14 bits per heavy atom. The van der Waals surface area contributed by atoms with Gasteiger partial charge in [0.15, 0.2) is 0 Å². The van der Waals surface area contributed by atoms with Crippen LogP contribution in [0.15, 0.2) is 12.3 Å². The van der Waals surface area contributed by atoms with Crippen molar-refractivity contribution in [3.8, 4) is 0 Å². The molecule has 0 amide bonds. The largest absolute Gasteiger partial charge is 0.346 e. The van der Waals surface area contributed by atoms with Crippen molar-refractivity contribution in [2.24, 2.45) is 0 Å². The van der Waals surface area contributed by atoms with Crippen LogP contribution >= 0.6 is 0 Å². The van der Waals surface area contributed by atoms with Gasteiger partial charge in [0, 0.05) is 17.4 Å². The minimum Gasteiger partial charge on any atom is -0.346 e. The molecule has 2 rings (SSSR count). The van der Waals surface area contributed by atoms with Crippen LogP contribution in [-0.4, -0.2) is 4.57 Å². The number of aromatic nitrogens is 1. The summed E-state index contributed by atoms with van der Waals surface area (Å²) in [5.74, 6) is 0. The van der Waals surface area contributed by atoms with Crippen molar-refractivity contribution < 1.29 is 0 Å². The van der Waals surface area contributed by atoms with E-state index in [0.29, 0.717) is 0 Å². The molecule has 1 aliphatic carbocycles.